The molecule has 1 atom stereocenters. The number of hydrogen-bond donors (Lipinski definition) is 4. The molecule has 0 radical (unpaired) electrons. The lowest BCUT2D eigenvalue weighted by atomic mass is 9.95. The lowest BCUT2D eigenvalue weighted by Crippen LogP contribution is -2.30. The van der Waals surface area contributed by atoms with Crippen LogP contribution in [-0.2, 0) is 30.8 Å². The minimum atomic E-state index is -5.08. The van der Waals surface area contributed by atoms with Crippen molar-refractivity contribution in [1.82, 2.24) is 25.1 Å². The number of alkyl halides is 3. The number of thiophene rings is 1. The molecular weight excluding hydrogens is 664 g/mol. The summed E-state index contributed by atoms with van der Waals surface area (Å²) < 4.78 is 52.9. The summed E-state index contributed by atoms with van der Waals surface area (Å²) in [4.78, 5) is 20.1. The van der Waals surface area contributed by atoms with Gasteiger partial charge in [0.25, 0.3) is 0 Å². The molecule has 0 spiro atoms. The summed E-state index contributed by atoms with van der Waals surface area (Å²) in [6, 6.07) is 11.7. The molecule has 0 aliphatic heterocycles. The van der Waals surface area contributed by atoms with Gasteiger partial charge in [0.05, 0.1) is 28.8 Å². The van der Waals surface area contributed by atoms with Crippen LogP contribution in [0.3, 0.4) is 0 Å². The number of halogens is 5. The molecule has 47 heavy (non-hydrogen) atoms. The number of hydrogen-bond acceptors (Lipinski definition) is 9. The van der Waals surface area contributed by atoms with Crippen molar-refractivity contribution in [2.45, 2.75) is 45.2 Å². The molecule has 0 saturated carbocycles. The summed E-state index contributed by atoms with van der Waals surface area (Å²) >= 11 is 8.16. The first kappa shape index (κ1) is 34.0. The van der Waals surface area contributed by atoms with Gasteiger partial charge in [-0.05, 0) is 60.8 Å². The fourth-order valence-corrected chi connectivity index (χ4v) is 6.38. The van der Waals surface area contributed by atoms with Crippen LogP contribution in [-0.4, -0.2) is 61.3 Å². The van der Waals surface area contributed by atoms with Crippen LogP contribution in [0.2, 0.25) is 5.02 Å². The Labute approximate surface area is 275 Å². The molecule has 16 heteroatoms. The topological polar surface area (TPSA) is 134 Å². The van der Waals surface area contributed by atoms with Gasteiger partial charge < -0.3 is 25.6 Å². The first-order chi connectivity index (χ1) is 22.4. The highest BCUT2D eigenvalue weighted by Gasteiger charge is 2.38. The van der Waals surface area contributed by atoms with E-state index in [0.29, 0.717) is 29.7 Å². The van der Waals surface area contributed by atoms with Crippen molar-refractivity contribution in [2.75, 3.05) is 18.4 Å². The highest BCUT2D eigenvalue weighted by atomic mass is 35.5. The smallest absolute Gasteiger partial charge is 0.487 e. The van der Waals surface area contributed by atoms with Gasteiger partial charge in [0.1, 0.15) is 35.1 Å². The van der Waals surface area contributed by atoms with Gasteiger partial charge >= 0.3 is 12.1 Å². The maximum absolute atomic E-state index is 13.5. The first-order valence-electron chi connectivity index (χ1n) is 14.4. The molecule has 4 N–H and O–H groups in total. The molecule has 0 bridgehead atoms. The van der Waals surface area contributed by atoms with Crippen LogP contribution < -0.4 is 15.4 Å². The SMILES string of the molecule is CCNC[C@@H](O)Cn1cc2c(n1)CCc1c-2sc2ncnc(Nc3ccc(OCc4cccc(F)c4)c(Cl)c3)c12.O=C(O)C(F)(F)F. The zero-order valence-electron chi connectivity index (χ0n) is 24.8. The number of benzene rings is 2. The van der Waals surface area contributed by atoms with E-state index in [4.69, 9.17) is 31.3 Å². The van der Waals surface area contributed by atoms with Crippen LogP contribution in [0.5, 0.6) is 5.75 Å². The number of aromatic nitrogens is 4. The number of likely N-dealkylation sites (N-methyl/N-ethyl adjacent to an activating group) is 1. The number of aliphatic hydroxyl groups is 1. The van der Waals surface area contributed by atoms with Gasteiger partial charge in [0, 0.05) is 28.9 Å². The molecule has 0 amide bonds. The van der Waals surface area contributed by atoms with Gasteiger partial charge in [-0.25, -0.2) is 19.2 Å². The number of carboxylic acids is 1. The highest BCUT2D eigenvalue weighted by Crippen LogP contribution is 2.45. The third-order valence-corrected chi connectivity index (χ3v) is 8.50. The highest BCUT2D eigenvalue weighted by molar-refractivity contribution is 7.22. The van der Waals surface area contributed by atoms with Crippen molar-refractivity contribution >= 4 is 50.6 Å². The number of fused-ring (bicyclic) bond motifs is 5. The third-order valence-electron chi connectivity index (χ3n) is 7.03. The summed E-state index contributed by atoms with van der Waals surface area (Å²) in [7, 11) is 0. The third kappa shape index (κ3) is 8.35. The van der Waals surface area contributed by atoms with E-state index in [2.05, 4.69) is 20.6 Å². The minimum absolute atomic E-state index is 0.213. The Balaban J connectivity index is 0.000000559. The second-order valence-electron chi connectivity index (χ2n) is 10.5. The van der Waals surface area contributed by atoms with Crippen LogP contribution in [0.1, 0.15) is 23.7 Å². The van der Waals surface area contributed by atoms with Crippen molar-refractivity contribution in [3.05, 3.63) is 82.6 Å². The standard InChI is InChI=1S/C29H28ClFN6O2S.C2HF3O2/c1-2-32-12-20(38)13-37-14-22-24(36-37)8-7-21-26-28(33-16-34-29(26)40-27(21)22)35-19-6-9-25(23(30)11-19)39-15-17-4-3-5-18(31)10-17;3-2(4,5)1(6)7/h3-6,9-11,14,16,20,32,38H,2,7-8,12-13,15H2,1H3,(H,33,34,35);(H,6,7)/t20-;/m1./s1. The Morgan fingerprint density at radius 3 is 2.68 bits per heavy atom. The number of nitrogens with one attached hydrogen (secondary N) is 2. The molecule has 5 aromatic rings. The van der Waals surface area contributed by atoms with E-state index in [1.165, 1.54) is 17.7 Å². The van der Waals surface area contributed by atoms with Gasteiger partial charge in [-0.15, -0.1) is 11.3 Å². The number of aryl methyl sites for hydroxylation is 2. The predicted molar refractivity (Wildman–Crippen MR) is 170 cm³/mol. The molecule has 3 heterocycles. The molecule has 248 valence electrons. The predicted octanol–water partition coefficient (Wildman–Crippen LogP) is 6.37. The van der Waals surface area contributed by atoms with Gasteiger partial charge in [0.2, 0.25) is 0 Å². The molecule has 0 saturated heterocycles. The van der Waals surface area contributed by atoms with E-state index in [1.54, 1.807) is 41.9 Å². The van der Waals surface area contributed by atoms with Crippen molar-refractivity contribution in [2.24, 2.45) is 0 Å². The van der Waals surface area contributed by atoms with Crippen LogP contribution in [0.25, 0.3) is 20.7 Å². The summed E-state index contributed by atoms with van der Waals surface area (Å²) in [5.74, 6) is -1.84. The maximum Gasteiger partial charge on any atom is 0.490 e. The number of carbonyl (C=O) groups is 1. The van der Waals surface area contributed by atoms with E-state index in [0.717, 1.165) is 57.0 Å². The van der Waals surface area contributed by atoms with Gasteiger partial charge in [-0.2, -0.15) is 18.3 Å². The van der Waals surface area contributed by atoms with Crippen molar-refractivity contribution < 1.29 is 37.3 Å². The Morgan fingerprint density at radius 1 is 1.19 bits per heavy atom. The summed E-state index contributed by atoms with van der Waals surface area (Å²) in [6.45, 7) is 4.02. The molecule has 6 rings (SSSR count). The van der Waals surface area contributed by atoms with Gasteiger partial charge in [0.15, 0.2) is 0 Å². The van der Waals surface area contributed by atoms with Crippen LogP contribution in [0.15, 0.2) is 55.0 Å². The molecule has 3 aromatic heterocycles. The lowest BCUT2D eigenvalue weighted by molar-refractivity contribution is -0.192. The van der Waals surface area contributed by atoms with E-state index in [1.807, 2.05) is 23.9 Å². The van der Waals surface area contributed by atoms with Crippen LogP contribution in [0, 0.1) is 5.82 Å². The summed E-state index contributed by atoms with van der Waals surface area (Å²) in [5.41, 5.74) is 4.82. The van der Waals surface area contributed by atoms with E-state index in [9.17, 15) is 22.7 Å². The number of rotatable bonds is 10. The first-order valence-corrected chi connectivity index (χ1v) is 15.6. The summed E-state index contributed by atoms with van der Waals surface area (Å²) in [6.07, 6.45) is -0.362. The molecule has 1 aliphatic carbocycles. The molecule has 1 aliphatic rings. The Hall–Kier alpha value is -4.31. The average molecular weight is 693 g/mol. The molecule has 0 unspecified atom stereocenters. The number of ether oxygens (including phenoxy) is 1. The average Bonchev–Trinajstić information content (AvgIpc) is 3.61. The number of aliphatic hydroxyl groups excluding tert-OH is 1. The van der Waals surface area contributed by atoms with Crippen LogP contribution >= 0.6 is 22.9 Å². The number of anilines is 2. The number of nitrogens with zero attached hydrogens (tertiary/aromatic N) is 4. The fraction of sp³-hybridized carbons (Fsp3) is 0.290. The van der Waals surface area contributed by atoms with Crippen molar-refractivity contribution in [3.63, 3.8) is 0 Å². The fourth-order valence-electron chi connectivity index (χ4n) is 4.93. The van der Waals surface area contributed by atoms with Crippen molar-refractivity contribution in [3.8, 4) is 16.2 Å². The zero-order chi connectivity index (χ0) is 33.7. The summed E-state index contributed by atoms with van der Waals surface area (Å²) in [5, 5.41) is 30.2. The maximum atomic E-state index is 13.5. The van der Waals surface area contributed by atoms with Gasteiger partial charge in [-0.1, -0.05) is 30.7 Å². The second kappa shape index (κ2) is 14.6. The van der Waals surface area contributed by atoms with Crippen molar-refractivity contribution in [1.29, 1.82) is 0 Å². The largest absolute Gasteiger partial charge is 0.490 e. The van der Waals surface area contributed by atoms with E-state index >= 15 is 0 Å². The number of aliphatic carboxylic acids is 1. The molecule has 2 aromatic carbocycles. The normalized spacial score (nSPS) is 12.9. The van der Waals surface area contributed by atoms with Crippen LogP contribution in [0.4, 0.5) is 29.1 Å². The Kier molecular flexibility index (Phi) is 10.6. The Bertz CT molecular complexity index is 1880. The van der Waals surface area contributed by atoms with E-state index < -0.39 is 18.2 Å². The molecule has 10 nitrogen and oxygen atoms in total. The molecule has 0 fully saturated rings. The number of carboxylic acid groups (broad SMARTS) is 1. The van der Waals surface area contributed by atoms with E-state index in [-0.39, 0.29) is 12.4 Å². The lowest BCUT2D eigenvalue weighted by Gasteiger charge is -2.13. The second-order valence-corrected chi connectivity index (χ2v) is 11.9. The zero-order valence-corrected chi connectivity index (χ0v) is 26.4. The molecular formula is C31H29ClF4N6O4S. The Morgan fingerprint density at radius 2 is 1.98 bits per heavy atom. The van der Waals surface area contributed by atoms with Gasteiger partial charge in [-0.3, -0.25) is 4.68 Å². The monoisotopic (exact) mass is 692 g/mol. The quantitative estimate of drug-likeness (QED) is 0.123. The minimum Gasteiger partial charge on any atom is -0.487 e.